The van der Waals surface area contributed by atoms with Crippen LogP contribution in [0.5, 0.6) is 0 Å². The number of pyridine rings is 1. The van der Waals surface area contributed by atoms with Gasteiger partial charge in [-0.05, 0) is 18.6 Å². The maximum absolute atomic E-state index is 8.76. The molecule has 3 nitrogen and oxygen atoms in total. The molecule has 0 fully saturated rings. The second-order valence-electron chi connectivity index (χ2n) is 2.21. The van der Waals surface area contributed by atoms with Gasteiger partial charge in [0.25, 0.3) is 0 Å². The molecule has 0 amide bonds. The third-order valence-electron chi connectivity index (χ3n) is 1.48. The van der Waals surface area contributed by atoms with Crippen molar-refractivity contribution in [2.75, 3.05) is 0 Å². The SMILES string of the molecule is Cc1nc(C#N)ccc1CO. The Balaban J connectivity index is 3.12. The van der Waals surface area contributed by atoms with Crippen LogP contribution in [0.4, 0.5) is 0 Å². The van der Waals surface area contributed by atoms with Crippen molar-refractivity contribution in [3.05, 3.63) is 29.1 Å². The van der Waals surface area contributed by atoms with Crippen LogP contribution in [-0.4, -0.2) is 10.1 Å². The van der Waals surface area contributed by atoms with Crippen LogP contribution in [0, 0.1) is 18.3 Å². The van der Waals surface area contributed by atoms with Crippen molar-refractivity contribution in [3.8, 4) is 6.07 Å². The molecular formula is C8H8N2O. The van der Waals surface area contributed by atoms with E-state index in [1.54, 1.807) is 19.1 Å². The molecule has 0 spiro atoms. The average Bonchev–Trinajstić information content (AvgIpc) is 2.04. The first-order chi connectivity index (χ1) is 5.27. The van der Waals surface area contributed by atoms with E-state index in [0.29, 0.717) is 11.4 Å². The largest absolute Gasteiger partial charge is 0.392 e. The van der Waals surface area contributed by atoms with Crippen molar-refractivity contribution in [3.63, 3.8) is 0 Å². The van der Waals surface area contributed by atoms with Gasteiger partial charge in [0.1, 0.15) is 11.8 Å². The highest BCUT2D eigenvalue weighted by Crippen LogP contribution is 2.05. The number of aliphatic hydroxyl groups excluding tert-OH is 1. The number of aliphatic hydroxyl groups is 1. The molecule has 11 heavy (non-hydrogen) atoms. The first-order valence-electron chi connectivity index (χ1n) is 3.25. The Morgan fingerprint density at radius 1 is 1.64 bits per heavy atom. The molecule has 0 aliphatic heterocycles. The van der Waals surface area contributed by atoms with Crippen LogP contribution in [0.25, 0.3) is 0 Å². The van der Waals surface area contributed by atoms with E-state index >= 15 is 0 Å². The van der Waals surface area contributed by atoms with Crippen LogP contribution in [-0.2, 0) is 6.61 Å². The van der Waals surface area contributed by atoms with Gasteiger partial charge in [0, 0.05) is 5.69 Å². The van der Waals surface area contributed by atoms with Crippen LogP contribution in [0.2, 0.25) is 0 Å². The van der Waals surface area contributed by atoms with E-state index in [0.717, 1.165) is 5.56 Å². The molecule has 1 N–H and O–H groups in total. The number of nitrogens with zero attached hydrogens (tertiary/aromatic N) is 2. The highest BCUT2D eigenvalue weighted by Gasteiger charge is 1.98. The van der Waals surface area contributed by atoms with Gasteiger partial charge in [-0.15, -0.1) is 0 Å². The zero-order valence-corrected chi connectivity index (χ0v) is 6.20. The summed E-state index contributed by atoms with van der Waals surface area (Å²) in [5, 5.41) is 17.2. The van der Waals surface area contributed by atoms with Gasteiger partial charge in [0.05, 0.1) is 6.61 Å². The summed E-state index contributed by atoms with van der Waals surface area (Å²) in [7, 11) is 0. The summed E-state index contributed by atoms with van der Waals surface area (Å²) in [5.41, 5.74) is 1.87. The maximum atomic E-state index is 8.76. The lowest BCUT2D eigenvalue weighted by Gasteiger charge is -1.99. The highest BCUT2D eigenvalue weighted by atomic mass is 16.3. The fraction of sp³-hybridized carbons (Fsp3) is 0.250. The Bertz CT molecular complexity index is 301. The number of aromatic nitrogens is 1. The fourth-order valence-electron chi connectivity index (χ4n) is 0.819. The zero-order chi connectivity index (χ0) is 8.27. The molecule has 0 atom stereocenters. The van der Waals surface area contributed by atoms with E-state index < -0.39 is 0 Å². The van der Waals surface area contributed by atoms with Crippen LogP contribution in [0.1, 0.15) is 17.0 Å². The normalized spacial score (nSPS) is 9.18. The van der Waals surface area contributed by atoms with Gasteiger partial charge < -0.3 is 5.11 Å². The van der Waals surface area contributed by atoms with E-state index in [2.05, 4.69) is 4.98 Å². The summed E-state index contributed by atoms with van der Waals surface area (Å²) in [6.45, 7) is 1.75. The van der Waals surface area contributed by atoms with E-state index in [-0.39, 0.29) is 6.61 Å². The quantitative estimate of drug-likeness (QED) is 0.639. The molecule has 1 rings (SSSR count). The summed E-state index contributed by atoms with van der Waals surface area (Å²) in [6.07, 6.45) is 0. The monoisotopic (exact) mass is 148 g/mol. The molecule has 0 unspecified atom stereocenters. The molecule has 0 saturated heterocycles. The summed E-state index contributed by atoms with van der Waals surface area (Å²) >= 11 is 0. The lowest BCUT2D eigenvalue weighted by atomic mass is 10.2. The lowest BCUT2D eigenvalue weighted by Crippen LogP contribution is -1.93. The minimum atomic E-state index is -0.0233. The van der Waals surface area contributed by atoms with Crippen molar-refractivity contribution in [1.82, 2.24) is 4.98 Å². The smallest absolute Gasteiger partial charge is 0.140 e. The standard InChI is InChI=1S/C8H8N2O/c1-6-7(5-11)2-3-8(4-9)10-6/h2-3,11H,5H2,1H3. The van der Waals surface area contributed by atoms with Gasteiger partial charge in [0.15, 0.2) is 0 Å². The fourth-order valence-corrected chi connectivity index (χ4v) is 0.819. The first kappa shape index (κ1) is 7.70. The molecule has 0 aliphatic carbocycles. The molecule has 0 saturated carbocycles. The average molecular weight is 148 g/mol. The Hall–Kier alpha value is -1.40. The summed E-state index contributed by atoms with van der Waals surface area (Å²) in [4.78, 5) is 3.94. The van der Waals surface area contributed by atoms with Gasteiger partial charge in [-0.3, -0.25) is 0 Å². The van der Waals surface area contributed by atoms with E-state index in [4.69, 9.17) is 10.4 Å². The molecule has 56 valence electrons. The van der Waals surface area contributed by atoms with Crippen molar-refractivity contribution in [2.45, 2.75) is 13.5 Å². The second-order valence-corrected chi connectivity index (χ2v) is 2.21. The molecule has 1 aromatic rings. The predicted octanol–water partition coefficient (Wildman–Crippen LogP) is 0.754. The number of hydrogen-bond donors (Lipinski definition) is 1. The lowest BCUT2D eigenvalue weighted by molar-refractivity contribution is 0.280. The minimum absolute atomic E-state index is 0.0233. The number of rotatable bonds is 1. The Kier molecular flexibility index (Phi) is 2.19. The number of nitriles is 1. The molecule has 0 radical (unpaired) electrons. The van der Waals surface area contributed by atoms with E-state index in [1.807, 2.05) is 6.07 Å². The molecule has 1 aromatic heterocycles. The highest BCUT2D eigenvalue weighted by molar-refractivity contribution is 5.27. The van der Waals surface area contributed by atoms with Gasteiger partial charge >= 0.3 is 0 Å². The van der Waals surface area contributed by atoms with Gasteiger partial charge in [-0.25, -0.2) is 4.98 Å². The third-order valence-corrected chi connectivity index (χ3v) is 1.48. The van der Waals surface area contributed by atoms with Gasteiger partial charge in [-0.1, -0.05) is 6.07 Å². The Labute approximate surface area is 64.9 Å². The molecule has 1 heterocycles. The Morgan fingerprint density at radius 3 is 2.82 bits per heavy atom. The summed E-state index contributed by atoms with van der Waals surface area (Å²) < 4.78 is 0. The summed E-state index contributed by atoms with van der Waals surface area (Å²) in [6, 6.07) is 5.23. The van der Waals surface area contributed by atoms with E-state index in [1.165, 1.54) is 0 Å². The predicted molar refractivity (Wildman–Crippen MR) is 39.6 cm³/mol. The maximum Gasteiger partial charge on any atom is 0.140 e. The Morgan fingerprint density at radius 2 is 2.36 bits per heavy atom. The van der Waals surface area contributed by atoms with Crippen molar-refractivity contribution < 1.29 is 5.11 Å². The molecular weight excluding hydrogens is 140 g/mol. The van der Waals surface area contributed by atoms with E-state index in [9.17, 15) is 0 Å². The van der Waals surface area contributed by atoms with Crippen molar-refractivity contribution in [1.29, 1.82) is 5.26 Å². The zero-order valence-electron chi connectivity index (χ0n) is 6.20. The van der Waals surface area contributed by atoms with Crippen LogP contribution >= 0.6 is 0 Å². The first-order valence-corrected chi connectivity index (χ1v) is 3.25. The third kappa shape index (κ3) is 1.54. The number of aryl methyl sites for hydroxylation is 1. The number of hydrogen-bond acceptors (Lipinski definition) is 3. The van der Waals surface area contributed by atoms with Crippen LogP contribution in [0.3, 0.4) is 0 Å². The molecule has 3 heteroatoms. The van der Waals surface area contributed by atoms with Crippen LogP contribution in [0.15, 0.2) is 12.1 Å². The van der Waals surface area contributed by atoms with Crippen LogP contribution < -0.4 is 0 Å². The minimum Gasteiger partial charge on any atom is -0.392 e. The van der Waals surface area contributed by atoms with Gasteiger partial charge in [-0.2, -0.15) is 5.26 Å². The topological polar surface area (TPSA) is 56.9 Å². The molecule has 0 aromatic carbocycles. The molecule has 0 bridgehead atoms. The summed E-state index contributed by atoms with van der Waals surface area (Å²) in [5.74, 6) is 0. The van der Waals surface area contributed by atoms with Crippen molar-refractivity contribution in [2.24, 2.45) is 0 Å². The second kappa shape index (κ2) is 3.13. The van der Waals surface area contributed by atoms with Gasteiger partial charge in [0.2, 0.25) is 0 Å². The van der Waals surface area contributed by atoms with Crippen molar-refractivity contribution >= 4 is 0 Å². The molecule has 0 aliphatic rings.